The van der Waals surface area contributed by atoms with Crippen LogP contribution in [0, 0.1) is 0 Å². The number of carbonyl (C=O) groups excluding carboxylic acids is 1. The van der Waals surface area contributed by atoms with E-state index in [4.69, 9.17) is 4.74 Å². The molecule has 0 fully saturated rings. The average Bonchev–Trinajstić information content (AvgIpc) is 2.19. The maximum absolute atomic E-state index is 10.0. The maximum Gasteiger partial charge on any atom is 0.201 e. The van der Waals surface area contributed by atoms with Gasteiger partial charge >= 0.3 is 0 Å². The normalized spacial score (nSPS) is 12.1. The predicted molar refractivity (Wildman–Crippen MR) is 49.9 cm³/mol. The summed E-state index contributed by atoms with van der Waals surface area (Å²) in [5.74, 6) is 0.269. The molecule has 1 aromatic carbocycles. The van der Waals surface area contributed by atoms with Crippen molar-refractivity contribution < 1.29 is 19.7 Å². The Balaban J connectivity index is 2.93. The standard InChI is InChI=1S/C10H11O4/c1-14-10-6-7(2-3-9(10)13)8(12)4-5-11/h2-3,6,8,12-13H,4H2,1H3. The molecular formula is C10H11O4. The fourth-order valence-corrected chi connectivity index (χ4v) is 1.10. The Hall–Kier alpha value is -1.55. The van der Waals surface area contributed by atoms with Crippen LogP contribution in [-0.4, -0.2) is 23.6 Å². The van der Waals surface area contributed by atoms with Gasteiger partial charge in [-0.2, -0.15) is 0 Å². The van der Waals surface area contributed by atoms with Crippen molar-refractivity contribution >= 4 is 6.29 Å². The van der Waals surface area contributed by atoms with Gasteiger partial charge < -0.3 is 14.9 Å². The molecule has 1 rings (SSSR count). The zero-order valence-corrected chi connectivity index (χ0v) is 7.73. The lowest BCUT2D eigenvalue weighted by Gasteiger charge is -2.09. The second kappa shape index (κ2) is 4.62. The minimum atomic E-state index is -0.901. The second-order valence-electron chi connectivity index (χ2n) is 2.80. The van der Waals surface area contributed by atoms with Gasteiger partial charge in [0, 0.05) is 6.42 Å². The van der Waals surface area contributed by atoms with E-state index in [-0.39, 0.29) is 17.9 Å². The van der Waals surface area contributed by atoms with Crippen LogP contribution < -0.4 is 4.74 Å². The van der Waals surface area contributed by atoms with E-state index in [1.807, 2.05) is 0 Å². The molecule has 14 heavy (non-hydrogen) atoms. The van der Waals surface area contributed by atoms with Gasteiger partial charge in [0.1, 0.15) is 0 Å². The molecule has 0 spiro atoms. The molecular weight excluding hydrogens is 184 g/mol. The van der Waals surface area contributed by atoms with Crippen molar-refractivity contribution in [3.63, 3.8) is 0 Å². The highest BCUT2D eigenvalue weighted by Gasteiger charge is 2.10. The van der Waals surface area contributed by atoms with Crippen molar-refractivity contribution in [2.75, 3.05) is 7.11 Å². The number of phenolic OH excluding ortho intramolecular Hbond substituents is 1. The minimum Gasteiger partial charge on any atom is -0.504 e. The Labute approximate surface area is 81.8 Å². The third kappa shape index (κ3) is 2.23. The molecule has 1 radical (unpaired) electrons. The number of aliphatic hydroxyl groups is 1. The summed E-state index contributed by atoms with van der Waals surface area (Å²) < 4.78 is 4.85. The molecule has 75 valence electrons. The van der Waals surface area contributed by atoms with Gasteiger partial charge in [-0.15, -0.1) is 0 Å². The second-order valence-corrected chi connectivity index (χ2v) is 2.80. The zero-order chi connectivity index (χ0) is 10.6. The third-order valence-corrected chi connectivity index (χ3v) is 1.87. The summed E-state index contributed by atoms with van der Waals surface area (Å²) >= 11 is 0. The van der Waals surface area contributed by atoms with E-state index in [2.05, 4.69) is 0 Å². The van der Waals surface area contributed by atoms with Crippen LogP contribution in [0.15, 0.2) is 18.2 Å². The number of ether oxygens (including phenoxy) is 1. The van der Waals surface area contributed by atoms with Crippen LogP contribution in [0.2, 0.25) is 0 Å². The summed E-state index contributed by atoms with van der Waals surface area (Å²) in [5.41, 5.74) is 0.517. The largest absolute Gasteiger partial charge is 0.504 e. The molecule has 4 heteroatoms. The van der Waals surface area contributed by atoms with Crippen molar-refractivity contribution in [3.8, 4) is 11.5 Å². The van der Waals surface area contributed by atoms with Gasteiger partial charge in [0.15, 0.2) is 11.5 Å². The number of rotatable bonds is 4. The molecule has 0 bridgehead atoms. The molecule has 0 aliphatic carbocycles. The smallest absolute Gasteiger partial charge is 0.201 e. The highest BCUT2D eigenvalue weighted by Crippen LogP contribution is 2.29. The Morgan fingerprint density at radius 1 is 1.57 bits per heavy atom. The molecule has 0 aromatic heterocycles. The van der Waals surface area contributed by atoms with Crippen LogP contribution in [0.4, 0.5) is 0 Å². The number of hydrogen-bond acceptors (Lipinski definition) is 4. The van der Waals surface area contributed by atoms with E-state index >= 15 is 0 Å². The monoisotopic (exact) mass is 195 g/mol. The Morgan fingerprint density at radius 2 is 2.29 bits per heavy atom. The highest BCUT2D eigenvalue weighted by atomic mass is 16.5. The summed E-state index contributed by atoms with van der Waals surface area (Å²) in [6, 6.07) is 4.42. The zero-order valence-electron chi connectivity index (χ0n) is 7.73. The van der Waals surface area contributed by atoms with Crippen molar-refractivity contribution in [2.45, 2.75) is 12.5 Å². The van der Waals surface area contributed by atoms with E-state index in [1.54, 1.807) is 6.29 Å². The van der Waals surface area contributed by atoms with Gasteiger partial charge in [-0.05, 0) is 17.7 Å². The Morgan fingerprint density at radius 3 is 2.86 bits per heavy atom. The lowest BCUT2D eigenvalue weighted by Crippen LogP contribution is -1.98. The summed E-state index contributed by atoms with van der Waals surface area (Å²) in [4.78, 5) is 10.0. The van der Waals surface area contributed by atoms with Crippen LogP contribution in [0.25, 0.3) is 0 Å². The fraction of sp³-hybridized carbons (Fsp3) is 0.300. The molecule has 0 amide bonds. The maximum atomic E-state index is 10.0. The number of hydrogen-bond donors (Lipinski definition) is 2. The molecule has 2 N–H and O–H groups in total. The summed E-state index contributed by atoms with van der Waals surface area (Å²) in [7, 11) is 1.41. The molecule has 0 aliphatic heterocycles. The van der Waals surface area contributed by atoms with E-state index in [0.29, 0.717) is 5.56 Å². The average molecular weight is 195 g/mol. The van der Waals surface area contributed by atoms with Gasteiger partial charge in [0.2, 0.25) is 6.29 Å². The van der Waals surface area contributed by atoms with Gasteiger partial charge in [-0.25, -0.2) is 0 Å². The van der Waals surface area contributed by atoms with Gasteiger partial charge in [-0.3, -0.25) is 4.79 Å². The molecule has 1 atom stereocenters. The number of benzene rings is 1. The fourth-order valence-electron chi connectivity index (χ4n) is 1.10. The van der Waals surface area contributed by atoms with Gasteiger partial charge in [0.25, 0.3) is 0 Å². The lowest BCUT2D eigenvalue weighted by molar-refractivity contribution is 0.184. The molecule has 4 nitrogen and oxygen atoms in total. The molecule has 0 saturated heterocycles. The Kier molecular flexibility index (Phi) is 3.48. The first-order valence-corrected chi connectivity index (χ1v) is 4.09. The first kappa shape index (κ1) is 10.5. The van der Waals surface area contributed by atoms with Crippen LogP contribution in [-0.2, 0) is 4.79 Å². The predicted octanol–water partition coefficient (Wildman–Crippen LogP) is 0.934. The van der Waals surface area contributed by atoms with Crippen molar-refractivity contribution in [3.05, 3.63) is 23.8 Å². The first-order chi connectivity index (χ1) is 6.69. The lowest BCUT2D eigenvalue weighted by atomic mass is 10.1. The van der Waals surface area contributed by atoms with Crippen molar-refractivity contribution in [1.82, 2.24) is 0 Å². The Bertz CT molecular complexity index is 322. The van der Waals surface area contributed by atoms with Crippen molar-refractivity contribution in [2.24, 2.45) is 0 Å². The van der Waals surface area contributed by atoms with Crippen LogP contribution in [0.3, 0.4) is 0 Å². The SMILES string of the molecule is COc1cc(C(O)C[C]=O)ccc1O. The number of aliphatic hydroxyl groups excluding tert-OH is 1. The minimum absolute atomic E-state index is 0.00136. The van der Waals surface area contributed by atoms with Crippen molar-refractivity contribution in [1.29, 1.82) is 0 Å². The van der Waals surface area contributed by atoms with Crippen LogP contribution in [0.1, 0.15) is 18.1 Å². The summed E-state index contributed by atoms with van der Waals surface area (Å²) in [6.45, 7) is 0. The van der Waals surface area contributed by atoms with E-state index in [9.17, 15) is 15.0 Å². The van der Waals surface area contributed by atoms with E-state index in [0.717, 1.165) is 0 Å². The molecule has 1 unspecified atom stereocenters. The van der Waals surface area contributed by atoms with E-state index < -0.39 is 6.10 Å². The summed E-state index contributed by atoms with van der Waals surface area (Å²) in [5, 5.41) is 18.7. The quantitative estimate of drug-likeness (QED) is 0.750. The summed E-state index contributed by atoms with van der Waals surface area (Å²) in [6.07, 6.45) is 0.624. The topological polar surface area (TPSA) is 66.8 Å². The first-order valence-electron chi connectivity index (χ1n) is 4.09. The van der Waals surface area contributed by atoms with Crippen LogP contribution in [0.5, 0.6) is 11.5 Å². The van der Waals surface area contributed by atoms with Gasteiger partial charge in [-0.1, -0.05) is 6.07 Å². The third-order valence-electron chi connectivity index (χ3n) is 1.87. The molecule has 0 saturated carbocycles. The highest BCUT2D eigenvalue weighted by molar-refractivity contribution is 5.52. The number of methoxy groups -OCH3 is 1. The molecule has 0 heterocycles. The van der Waals surface area contributed by atoms with E-state index in [1.165, 1.54) is 25.3 Å². The number of aromatic hydroxyl groups is 1. The van der Waals surface area contributed by atoms with Gasteiger partial charge in [0.05, 0.1) is 13.2 Å². The molecule has 0 aliphatic rings. The van der Waals surface area contributed by atoms with Crippen LogP contribution >= 0.6 is 0 Å². The number of phenols is 1. The molecule has 1 aromatic rings.